The average molecular weight is 171 g/mol. The molecule has 70 valence electrons. The van der Waals surface area contributed by atoms with E-state index in [1.807, 2.05) is 5.01 Å². The Morgan fingerprint density at radius 1 is 1.08 bits per heavy atom. The van der Waals surface area contributed by atoms with Crippen molar-refractivity contribution in [2.45, 2.75) is 25.7 Å². The van der Waals surface area contributed by atoms with Gasteiger partial charge in [0.1, 0.15) is 0 Å². The molecule has 1 saturated heterocycles. The second-order valence-corrected chi connectivity index (χ2v) is 3.04. The van der Waals surface area contributed by atoms with Crippen molar-refractivity contribution in [3.8, 4) is 0 Å². The van der Waals surface area contributed by atoms with Crippen molar-refractivity contribution in [3.63, 3.8) is 0 Å². The van der Waals surface area contributed by atoms with Crippen LogP contribution >= 0.6 is 0 Å². The van der Waals surface area contributed by atoms with E-state index in [0.29, 0.717) is 0 Å². The van der Waals surface area contributed by atoms with E-state index in [1.165, 1.54) is 25.7 Å². The van der Waals surface area contributed by atoms with Crippen LogP contribution in [0.2, 0.25) is 0 Å². The molecule has 1 aliphatic rings. The smallest absolute Gasteiger partial charge is 0.209 e. The first-order valence-electron chi connectivity index (χ1n) is 4.38. The Balaban J connectivity index is 2.25. The van der Waals surface area contributed by atoms with Gasteiger partial charge in [-0.1, -0.05) is 12.8 Å². The summed E-state index contributed by atoms with van der Waals surface area (Å²) in [5.74, 6) is 0.0826. The maximum atomic E-state index is 5.19. The molecule has 0 aliphatic carbocycles. The average Bonchev–Trinajstić information content (AvgIpc) is 2.28. The van der Waals surface area contributed by atoms with E-state index >= 15 is 0 Å². The number of guanidine groups is 1. The summed E-state index contributed by atoms with van der Waals surface area (Å²) in [6.07, 6.45) is 5.04. The Morgan fingerprint density at radius 3 is 2.17 bits per heavy atom. The third-order valence-corrected chi connectivity index (χ3v) is 1.93. The van der Waals surface area contributed by atoms with E-state index in [2.05, 4.69) is 10.6 Å². The summed E-state index contributed by atoms with van der Waals surface area (Å²) >= 11 is 0. The van der Waals surface area contributed by atoms with Crippen LogP contribution in [0.3, 0.4) is 0 Å². The molecule has 1 heterocycles. The number of hydrogen-bond acceptors (Lipinski definition) is 3. The summed E-state index contributed by atoms with van der Waals surface area (Å²) in [6.45, 7) is 2.05. The molecule has 1 rings (SSSR count). The zero-order valence-corrected chi connectivity index (χ0v) is 7.29. The summed E-state index contributed by atoms with van der Waals surface area (Å²) in [7, 11) is 0. The van der Waals surface area contributed by atoms with Crippen LogP contribution in [-0.4, -0.2) is 24.1 Å². The molecule has 5 nitrogen and oxygen atoms in total. The lowest BCUT2D eigenvalue weighted by molar-refractivity contribution is 0.199. The lowest BCUT2D eigenvalue weighted by Gasteiger charge is -2.17. The van der Waals surface area contributed by atoms with Crippen LogP contribution in [0.1, 0.15) is 25.7 Å². The Hall–Kier alpha value is -0.970. The van der Waals surface area contributed by atoms with Gasteiger partial charge in [0.15, 0.2) is 0 Å². The summed E-state index contributed by atoms with van der Waals surface area (Å²) in [4.78, 5) is 0. The van der Waals surface area contributed by atoms with Gasteiger partial charge in [0.05, 0.1) is 0 Å². The van der Waals surface area contributed by atoms with E-state index in [4.69, 9.17) is 11.5 Å². The molecule has 1 aliphatic heterocycles. The molecule has 0 radical (unpaired) electrons. The van der Waals surface area contributed by atoms with Gasteiger partial charge in [0.25, 0.3) is 0 Å². The van der Waals surface area contributed by atoms with E-state index in [0.717, 1.165) is 13.1 Å². The Bertz CT molecular complexity index is 144. The molecule has 0 aromatic rings. The van der Waals surface area contributed by atoms with Crippen LogP contribution < -0.4 is 17.0 Å². The minimum atomic E-state index is 0.0826. The molecule has 0 bridgehead atoms. The van der Waals surface area contributed by atoms with Gasteiger partial charge in [0.2, 0.25) is 5.96 Å². The number of nitrogens with one attached hydrogen (secondary N) is 1. The van der Waals surface area contributed by atoms with Crippen molar-refractivity contribution in [2.24, 2.45) is 16.6 Å². The highest BCUT2D eigenvalue weighted by Crippen LogP contribution is 2.06. The zero-order valence-electron chi connectivity index (χ0n) is 7.29. The maximum absolute atomic E-state index is 5.19. The van der Waals surface area contributed by atoms with Crippen LogP contribution in [0.4, 0.5) is 0 Å². The number of hydrogen-bond donors (Lipinski definition) is 3. The highest BCUT2D eigenvalue weighted by molar-refractivity contribution is 5.75. The first kappa shape index (κ1) is 9.12. The van der Waals surface area contributed by atoms with Crippen LogP contribution in [0.15, 0.2) is 5.10 Å². The summed E-state index contributed by atoms with van der Waals surface area (Å²) in [5.41, 5.74) is 13.2. The Labute approximate surface area is 72.7 Å². The van der Waals surface area contributed by atoms with E-state index < -0.39 is 0 Å². The SMILES string of the molecule is NC(N)=NNN1CCCCCC1. The monoisotopic (exact) mass is 171 g/mol. The lowest BCUT2D eigenvalue weighted by atomic mass is 10.2. The van der Waals surface area contributed by atoms with Crippen molar-refractivity contribution in [1.82, 2.24) is 10.5 Å². The molecule has 0 amide bonds. The number of nitrogens with two attached hydrogens (primary N) is 2. The minimum Gasteiger partial charge on any atom is -0.369 e. The Kier molecular flexibility index (Phi) is 3.66. The molecule has 0 atom stereocenters. The van der Waals surface area contributed by atoms with Gasteiger partial charge in [-0.05, 0) is 12.8 Å². The zero-order chi connectivity index (χ0) is 8.81. The number of hydrazone groups is 1. The van der Waals surface area contributed by atoms with Gasteiger partial charge in [0, 0.05) is 13.1 Å². The minimum absolute atomic E-state index is 0.0826. The molecular formula is C7H17N5. The maximum Gasteiger partial charge on any atom is 0.209 e. The van der Waals surface area contributed by atoms with Crippen molar-refractivity contribution in [1.29, 1.82) is 0 Å². The quantitative estimate of drug-likeness (QED) is 0.299. The first-order valence-corrected chi connectivity index (χ1v) is 4.38. The predicted octanol–water partition coefficient (Wildman–Crippen LogP) is -0.445. The first-order chi connectivity index (χ1) is 5.79. The molecule has 0 spiro atoms. The molecule has 0 aromatic carbocycles. The standard InChI is InChI=1S/C7H17N5/c8-7(9)10-11-12-5-3-1-2-4-6-12/h11H,1-6H2,(H4,8,9,10). The number of rotatable bonds is 2. The summed E-state index contributed by atoms with van der Waals surface area (Å²) < 4.78 is 0. The third-order valence-electron chi connectivity index (χ3n) is 1.93. The van der Waals surface area contributed by atoms with Crippen molar-refractivity contribution >= 4 is 5.96 Å². The molecule has 12 heavy (non-hydrogen) atoms. The van der Waals surface area contributed by atoms with Gasteiger partial charge in [-0.2, -0.15) is 0 Å². The van der Waals surface area contributed by atoms with Crippen molar-refractivity contribution < 1.29 is 0 Å². The molecule has 5 N–H and O–H groups in total. The molecular weight excluding hydrogens is 154 g/mol. The fourth-order valence-corrected chi connectivity index (χ4v) is 1.30. The van der Waals surface area contributed by atoms with Gasteiger partial charge < -0.3 is 11.5 Å². The lowest BCUT2D eigenvalue weighted by Crippen LogP contribution is -2.38. The highest BCUT2D eigenvalue weighted by Gasteiger charge is 2.06. The normalized spacial score (nSPS) is 19.7. The fraction of sp³-hybridized carbons (Fsp3) is 0.857. The third kappa shape index (κ3) is 3.43. The van der Waals surface area contributed by atoms with Crippen LogP contribution in [0, 0.1) is 0 Å². The van der Waals surface area contributed by atoms with Gasteiger partial charge >= 0.3 is 0 Å². The van der Waals surface area contributed by atoms with Crippen molar-refractivity contribution in [2.75, 3.05) is 13.1 Å². The fourth-order valence-electron chi connectivity index (χ4n) is 1.30. The number of nitrogens with zero attached hydrogens (tertiary/aromatic N) is 2. The van der Waals surface area contributed by atoms with E-state index in [1.54, 1.807) is 0 Å². The van der Waals surface area contributed by atoms with Gasteiger partial charge in [-0.3, -0.25) is 0 Å². The summed E-state index contributed by atoms with van der Waals surface area (Å²) in [5, 5.41) is 5.79. The molecule has 1 fully saturated rings. The topological polar surface area (TPSA) is 79.7 Å². The predicted molar refractivity (Wildman–Crippen MR) is 49.0 cm³/mol. The van der Waals surface area contributed by atoms with Crippen LogP contribution in [0.25, 0.3) is 0 Å². The molecule has 0 unspecified atom stereocenters. The van der Waals surface area contributed by atoms with Gasteiger partial charge in [-0.25, -0.2) is 10.5 Å². The highest BCUT2D eigenvalue weighted by atomic mass is 15.7. The number of hydrazine groups is 1. The molecule has 0 aromatic heterocycles. The van der Waals surface area contributed by atoms with Crippen LogP contribution in [0.5, 0.6) is 0 Å². The van der Waals surface area contributed by atoms with Crippen LogP contribution in [-0.2, 0) is 0 Å². The second-order valence-electron chi connectivity index (χ2n) is 3.04. The van der Waals surface area contributed by atoms with Gasteiger partial charge in [-0.15, -0.1) is 5.10 Å². The molecule has 0 saturated carbocycles. The molecule has 5 heteroatoms. The second kappa shape index (κ2) is 4.82. The summed E-state index contributed by atoms with van der Waals surface area (Å²) in [6, 6.07) is 0. The Morgan fingerprint density at radius 2 is 1.67 bits per heavy atom. The van der Waals surface area contributed by atoms with E-state index in [-0.39, 0.29) is 5.96 Å². The van der Waals surface area contributed by atoms with E-state index in [9.17, 15) is 0 Å². The van der Waals surface area contributed by atoms with Crippen molar-refractivity contribution in [3.05, 3.63) is 0 Å². The largest absolute Gasteiger partial charge is 0.369 e.